The van der Waals surface area contributed by atoms with E-state index in [-0.39, 0.29) is 12.5 Å². The minimum absolute atomic E-state index is 0.0278. The number of hydrogen-bond acceptors (Lipinski definition) is 4. The first-order valence-corrected chi connectivity index (χ1v) is 6.32. The highest BCUT2D eigenvalue weighted by atomic mass is 32.1. The van der Waals surface area contributed by atoms with Crippen molar-refractivity contribution in [3.05, 3.63) is 22.9 Å². The molecule has 0 radical (unpaired) electrons. The molecule has 5 nitrogen and oxygen atoms in total. The van der Waals surface area contributed by atoms with Gasteiger partial charge in [-0.1, -0.05) is 6.57 Å². The van der Waals surface area contributed by atoms with Crippen LogP contribution in [0, 0.1) is 6.57 Å². The molecule has 2 aromatic rings. The van der Waals surface area contributed by atoms with Crippen LogP contribution in [0.3, 0.4) is 0 Å². The minimum Gasteiger partial charge on any atom is -0.459 e. The van der Waals surface area contributed by atoms with Gasteiger partial charge in [-0.05, 0) is 37.3 Å². The molecule has 0 aliphatic heterocycles. The molecule has 2 heterocycles. The molecule has 94 valence electrons. The summed E-state index contributed by atoms with van der Waals surface area (Å²) < 4.78 is 7.57. The molecule has 0 spiro atoms. The molecule has 18 heavy (non-hydrogen) atoms. The van der Waals surface area contributed by atoms with Crippen molar-refractivity contribution in [2.75, 3.05) is 0 Å². The summed E-state index contributed by atoms with van der Waals surface area (Å²) >= 11 is 1.45. The molecule has 2 rings (SSSR count). The predicted octanol–water partition coefficient (Wildman–Crippen LogP) is 2.99. The summed E-state index contributed by atoms with van der Waals surface area (Å²) in [7, 11) is 0. The Balaban J connectivity index is 2.25. The average Bonchev–Trinajstić information content (AvgIpc) is 2.78. The van der Waals surface area contributed by atoms with Crippen LogP contribution in [0.15, 0.2) is 11.4 Å². The molecule has 0 saturated carbocycles. The van der Waals surface area contributed by atoms with Crippen LogP contribution in [-0.2, 0) is 16.1 Å². The van der Waals surface area contributed by atoms with Crippen molar-refractivity contribution in [3.8, 4) is 0 Å². The van der Waals surface area contributed by atoms with E-state index < -0.39 is 5.60 Å². The number of nitrogens with zero attached hydrogens (tertiary/aromatic N) is 3. The van der Waals surface area contributed by atoms with E-state index in [1.54, 1.807) is 0 Å². The van der Waals surface area contributed by atoms with E-state index in [0.717, 1.165) is 10.2 Å². The van der Waals surface area contributed by atoms with Crippen LogP contribution in [0.4, 0.5) is 5.82 Å². The Bertz CT molecular complexity index is 628. The summed E-state index contributed by atoms with van der Waals surface area (Å²) in [5.41, 5.74) is 0.289. The van der Waals surface area contributed by atoms with E-state index in [2.05, 4.69) is 9.94 Å². The van der Waals surface area contributed by atoms with Crippen LogP contribution < -0.4 is 0 Å². The Morgan fingerprint density at radius 3 is 2.94 bits per heavy atom. The van der Waals surface area contributed by atoms with Crippen LogP contribution in [0.1, 0.15) is 20.8 Å². The van der Waals surface area contributed by atoms with Crippen molar-refractivity contribution < 1.29 is 9.53 Å². The molecule has 0 bridgehead atoms. The van der Waals surface area contributed by atoms with Crippen LogP contribution >= 0.6 is 11.3 Å². The summed E-state index contributed by atoms with van der Waals surface area (Å²) in [5, 5.41) is 5.99. The first kappa shape index (κ1) is 12.6. The van der Waals surface area contributed by atoms with Gasteiger partial charge < -0.3 is 9.58 Å². The summed E-state index contributed by atoms with van der Waals surface area (Å²) in [6.07, 6.45) is 0. The number of ether oxygens (including phenoxy) is 1. The molecule has 6 heteroatoms. The first-order valence-electron chi connectivity index (χ1n) is 5.44. The van der Waals surface area contributed by atoms with Crippen LogP contribution in [0.5, 0.6) is 0 Å². The number of fused-ring (bicyclic) bond motifs is 1. The van der Waals surface area contributed by atoms with Crippen molar-refractivity contribution >= 4 is 33.3 Å². The van der Waals surface area contributed by atoms with Gasteiger partial charge in [0.05, 0.1) is 10.2 Å². The Morgan fingerprint density at radius 2 is 2.33 bits per heavy atom. The molecule has 0 fully saturated rings. The quantitative estimate of drug-likeness (QED) is 0.618. The first-order chi connectivity index (χ1) is 8.40. The molecule has 0 saturated heterocycles. The van der Waals surface area contributed by atoms with Crippen molar-refractivity contribution in [2.45, 2.75) is 32.9 Å². The molecule has 0 aliphatic rings. The Hall–Kier alpha value is -1.87. The molecule has 2 aromatic heterocycles. The lowest BCUT2D eigenvalue weighted by molar-refractivity contribution is -0.155. The minimum atomic E-state index is -0.513. The molecule has 0 amide bonds. The average molecular weight is 263 g/mol. The summed E-state index contributed by atoms with van der Waals surface area (Å²) in [6, 6.07) is 1.85. The zero-order valence-corrected chi connectivity index (χ0v) is 11.2. The topological polar surface area (TPSA) is 48.5 Å². The molecular weight excluding hydrogens is 250 g/mol. The third-order valence-corrected chi connectivity index (χ3v) is 3.05. The SMILES string of the molecule is [C-]#[N+]c1nn(CC(=O)OC(C)(C)C)c2ccsc12. The van der Waals surface area contributed by atoms with E-state index in [4.69, 9.17) is 11.3 Å². The number of carbonyl (C=O) groups excluding carboxylic acids is 1. The number of hydrogen-bond donors (Lipinski definition) is 0. The molecule has 0 aromatic carbocycles. The molecule has 0 atom stereocenters. The van der Waals surface area contributed by atoms with Gasteiger partial charge in [-0.3, -0.25) is 0 Å². The lowest BCUT2D eigenvalue weighted by atomic mass is 10.2. The largest absolute Gasteiger partial charge is 0.459 e. The lowest BCUT2D eigenvalue weighted by Crippen LogP contribution is -2.26. The van der Waals surface area contributed by atoms with Gasteiger partial charge in [-0.2, -0.15) is 16.0 Å². The van der Waals surface area contributed by atoms with E-state index >= 15 is 0 Å². The summed E-state index contributed by atoms with van der Waals surface area (Å²) in [4.78, 5) is 15.1. The smallest absolute Gasteiger partial charge is 0.330 e. The number of aromatic nitrogens is 2. The normalized spacial score (nSPS) is 11.4. The molecular formula is C12H13N3O2S. The van der Waals surface area contributed by atoms with Crippen molar-refractivity contribution in [2.24, 2.45) is 0 Å². The fourth-order valence-electron chi connectivity index (χ4n) is 1.58. The summed E-state index contributed by atoms with van der Waals surface area (Å²) in [6.45, 7) is 12.5. The maximum absolute atomic E-state index is 11.7. The maximum atomic E-state index is 11.7. The van der Waals surface area contributed by atoms with Crippen LogP contribution in [0.2, 0.25) is 0 Å². The molecule has 0 unspecified atom stereocenters. The van der Waals surface area contributed by atoms with Gasteiger partial charge in [0.1, 0.15) is 5.60 Å². The Morgan fingerprint density at radius 1 is 1.61 bits per heavy atom. The van der Waals surface area contributed by atoms with Gasteiger partial charge in [-0.15, -0.1) is 0 Å². The van der Waals surface area contributed by atoms with E-state index in [0.29, 0.717) is 5.82 Å². The lowest BCUT2D eigenvalue weighted by Gasteiger charge is -2.18. The second kappa shape index (κ2) is 4.42. The highest BCUT2D eigenvalue weighted by molar-refractivity contribution is 7.17. The zero-order chi connectivity index (χ0) is 13.3. The van der Waals surface area contributed by atoms with Crippen molar-refractivity contribution in [1.29, 1.82) is 0 Å². The van der Waals surface area contributed by atoms with E-state index in [1.807, 2.05) is 32.2 Å². The highest BCUT2D eigenvalue weighted by Gasteiger charge is 2.20. The monoisotopic (exact) mass is 263 g/mol. The Kier molecular flexibility index (Phi) is 3.09. The number of esters is 1. The maximum Gasteiger partial charge on any atom is 0.330 e. The van der Waals surface area contributed by atoms with Crippen LogP contribution in [0.25, 0.3) is 15.1 Å². The zero-order valence-electron chi connectivity index (χ0n) is 10.4. The molecule has 0 N–H and O–H groups in total. The van der Waals surface area contributed by atoms with E-state index in [1.165, 1.54) is 16.0 Å². The van der Waals surface area contributed by atoms with Crippen molar-refractivity contribution in [3.63, 3.8) is 0 Å². The van der Waals surface area contributed by atoms with Crippen molar-refractivity contribution in [1.82, 2.24) is 9.78 Å². The third kappa shape index (κ3) is 2.51. The fraction of sp³-hybridized carbons (Fsp3) is 0.417. The third-order valence-electron chi connectivity index (χ3n) is 2.15. The van der Waals surface area contributed by atoms with Crippen LogP contribution in [-0.4, -0.2) is 21.4 Å². The molecule has 0 aliphatic carbocycles. The van der Waals surface area contributed by atoms with Gasteiger partial charge in [0.2, 0.25) is 0 Å². The number of thiophene rings is 1. The predicted molar refractivity (Wildman–Crippen MR) is 69.7 cm³/mol. The van der Waals surface area contributed by atoms with Gasteiger partial charge in [-0.25, -0.2) is 4.79 Å². The van der Waals surface area contributed by atoms with Gasteiger partial charge in [0.25, 0.3) is 0 Å². The second-order valence-corrected chi connectivity index (χ2v) is 5.73. The number of carbonyl (C=O) groups is 1. The summed E-state index contributed by atoms with van der Waals surface area (Å²) in [5.74, 6) is -0.0156. The second-order valence-electron chi connectivity index (χ2n) is 4.81. The number of rotatable bonds is 2. The Labute approximate surface area is 109 Å². The fourth-order valence-corrected chi connectivity index (χ4v) is 2.40. The van der Waals surface area contributed by atoms with Gasteiger partial charge in [0, 0.05) is 0 Å². The highest BCUT2D eigenvalue weighted by Crippen LogP contribution is 2.30. The van der Waals surface area contributed by atoms with Gasteiger partial charge >= 0.3 is 11.8 Å². The standard InChI is InChI=1S/C12H13N3O2S/c1-12(2,3)17-9(16)7-15-8-5-6-18-10(8)11(13-4)14-15/h5-6H,7H2,1-3H3. The van der Waals surface area contributed by atoms with E-state index in [9.17, 15) is 4.79 Å². The van der Waals surface area contributed by atoms with Gasteiger partial charge in [0.15, 0.2) is 6.54 Å².